The van der Waals surface area contributed by atoms with Crippen molar-refractivity contribution in [2.45, 2.75) is 6.92 Å². The molecule has 6 nitrogen and oxygen atoms in total. The lowest BCUT2D eigenvalue weighted by Crippen LogP contribution is -2.07. The highest BCUT2D eigenvalue weighted by Crippen LogP contribution is 2.29. The number of hydrogen-bond acceptors (Lipinski definition) is 6. The van der Waals surface area contributed by atoms with Gasteiger partial charge in [-0.05, 0) is 6.92 Å². The van der Waals surface area contributed by atoms with Gasteiger partial charge in [0.25, 0.3) is 0 Å². The highest BCUT2D eigenvalue weighted by atomic mass is 32.3. The molecule has 1 N–H and O–H groups in total. The minimum Gasteiger partial charge on any atom is -0.465 e. The first kappa shape index (κ1) is 12.0. The SMILES string of the molecule is COC(=O)c1scc(OS(=O)(=O)O)c1C. The number of ether oxygens (including phenoxy) is 1. The Bertz CT molecular complexity index is 472. The van der Waals surface area contributed by atoms with Crippen LogP contribution >= 0.6 is 11.3 Å². The minimum absolute atomic E-state index is 0.0806. The number of carbonyl (C=O) groups is 1. The maximum Gasteiger partial charge on any atom is 0.446 e. The first-order valence-corrected chi connectivity index (χ1v) is 5.93. The van der Waals surface area contributed by atoms with E-state index in [4.69, 9.17) is 4.55 Å². The van der Waals surface area contributed by atoms with Crippen LogP contribution in [0.4, 0.5) is 0 Å². The number of carbonyl (C=O) groups excluding carboxylic acids is 1. The number of thiophene rings is 1. The van der Waals surface area contributed by atoms with Gasteiger partial charge in [0.2, 0.25) is 0 Å². The predicted octanol–water partition coefficient (Wildman–Crippen LogP) is 1.02. The van der Waals surface area contributed by atoms with Crippen LogP contribution in [0.3, 0.4) is 0 Å². The topological polar surface area (TPSA) is 89.9 Å². The van der Waals surface area contributed by atoms with Crippen molar-refractivity contribution in [1.82, 2.24) is 0 Å². The van der Waals surface area contributed by atoms with Crippen LogP contribution in [0.2, 0.25) is 0 Å². The van der Waals surface area contributed by atoms with Gasteiger partial charge in [-0.15, -0.1) is 11.3 Å². The van der Waals surface area contributed by atoms with E-state index in [1.165, 1.54) is 19.4 Å². The van der Waals surface area contributed by atoms with Crippen LogP contribution in [-0.2, 0) is 15.1 Å². The maximum absolute atomic E-state index is 11.1. The maximum atomic E-state index is 11.1. The van der Waals surface area contributed by atoms with Crippen LogP contribution in [0, 0.1) is 6.92 Å². The summed E-state index contributed by atoms with van der Waals surface area (Å²) in [5, 5.41) is 1.30. The van der Waals surface area contributed by atoms with Crippen LogP contribution in [-0.4, -0.2) is 26.0 Å². The normalized spacial score (nSPS) is 11.1. The molecule has 0 fully saturated rings. The molecule has 0 amide bonds. The fraction of sp³-hybridized carbons (Fsp3) is 0.286. The lowest BCUT2D eigenvalue weighted by atomic mass is 10.3. The third-order valence-corrected chi connectivity index (χ3v) is 2.99. The van der Waals surface area contributed by atoms with Gasteiger partial charge in [0.1, 0.15) is 4.88 Å². The van der Waals surface area contributed by atoms with Crippen LogP contribution in [0.15, 0.2) is 5.38 Å². The molecule has 8 heteroatoms. The van der Waals surface area contributed by atoms with E-state index < -0.39 is 16.4 Å². The van der Waals surface area contributed by atoms with Gasteiger partial charge in [-0.2, -0.15) is 8.42 Å². The summed E-state index contributed by atoms with van der Waals surface area (Å²) in [6, 6.07) is 0. The zero-order valence-electron chi connectivity index (χ0n) is 7.88. The van der Waals surface area contributed by atoms with Gasteiger partial charge in [0, 0.05) is 10.9 Å². The monoisotopic (exact) mass is 252 g/mol. The molecule has 0 bridgehead atoms. The number of esters is 1. The molecule has 0 radical (unpaired) electrons. The molecule has 0 saturated carbocycles. The van der Waals surface area contributed by atoms with E-state index in [0.717, 1.165) is 11.3 Å². The van der Waals surface area contributed by atoms with Crippen molar-refractivity contribution in [1.29, 1.82) is 0 Å². The van der Waals surface area contributed by atoms with Gasteiger partial charge in [-0.3, -0.25) is 4.55 Å². The summed E-state index contributed by atoms with van der Waals surface area (Å²) in [5.41, 5.74) is 0.310. The van der Waals surface area contributed by atoms with Crippen LogP contribution < -0.4 is 4.18 Å². The van der Waals surface area contributed by atoms with E-state index in [-0.39, 0.29) is 10.6 Å². The molecule has 0 aromatic carbocycles. The van der Waals surface area contributed by atoms with Crippen molar-refractivity contribution in [3.05, 3.63) is 15.8 Å². The smallest absolute Gasteiger partial charge is 0.446 e. The standard InChI is InChI=1S/C7H8O6S2/c1-4-5(13-15(9,10)11)3-14-6(4)7(8)12-2/h3H,1-2H3,(H,9,10,11). The fourth-order valence-electron chi connectivity index (χ4n) is 0.891. The van der Waals surface area contributed by atoms with Crippen molar-refractivity contribution in [2.75, 3.05) is 7.11 Å². The van der Waals surface area contributed by atoms with E-state index in [2.05, 4.69) is 8.92 Å². The molecule has 84 valence electrons. The van der Waals surface area contributed by atoms with E-state index >= 15 is 0 Å². The van der Waals surface area contributed by atoms with Crippen molar-refractivity contribution >= 4 is 27.7 Å². The van der Waals surface area contributed by atoms with Crippen LogP contribution in [0.5, 0.6) is 5.75 Å². The first-order chi connectivity index (χ1) is 6.85. The van der Waals surface area contributed by atoms with E-state index in [1.54, 1.807) is 0 Å². The van der Waals surface area contributed by atoms with Crippen molar-refractivity contribution in [2.24, 2.45) is 0 Å². The summed E-state index contributed by atoms with van der Waals surface area (Å²) in [5.74, 6) is -0.661. The lowest BCUT2D eigenvalue weighted by Gasteiger charge is -2.00. The summed E-state index contributed by atoms with van der Waals surface area (Å²) < 4.78 is 38.0. The van der Waals surface area contributed by atoms with Gasteiger partial charge < -0.3 is 8.92 Å². The molecule has 0 saturated heterocycles. The Morgan fingerprint density at radius 1 is 1.53 bits per heavy atom. The Labute approximate surface area is 90.4 Å². The zero-order valence-corrected chi connectivity index (χ0v) is 9.52. The average Bonchev–Trinajstić information content (AvgIpc) is 2.45. The van der Waals surface area contributed by atoms with Crippen LogP contribution in [0.25, 0.3) is 0 Å². The summed E-state index contributed by atoms with van der Waals surface area (Å²) in [4.78, 5) is 11.4. The van der Waals surface area contributed by atoms with Crippen molar-refractivity contribution < 1.29 is 26.7 Å². The largest absolute Gasteiger partial charge is 0.465 e. The Kier molecular flexibility index (Phi) is 3.32. The Morgan fingerprint density at radius 2 is 2.13 bits per heavy atom. The van der Waals surface area contributed by atoms with E-state index in [1.807, 2.05) is 0 Å². The van der Waals surface area contributed by atoms with Crippen molar-refractivity contribution in [3.63, 3.8) is 0 Å². The van der Waals surface area contributed by atoms with E-state index in [0.29, 0.717) is 5.56 Å². The third kappa shape index (κ3) is 2.91. The highest BCUT2D eigenvalue weighted by molar-refractivity contribution is 7.81. The van der Waals surface area contributed by atoms with E-state index in [9.17, 15) is 13.2 Å². The lowest BCUT2D eigenvalue weighted by molar-refractivity contribution is 0.0605. The van der Waals surface area contributed by atoms with Crippen molar-refractivity contribution in [3.8, 4) is 5.75 Å². The molecule has 0 atom stereocenters. The second-order valence-electron chi connectivity index (χ2n) is 2.56. The van der Waals surface area contributed by atoms with Gasteiger partial charge in [-0.25, -0.2) is 4.79 Å². The number of hydrogen-bond donors (Lipinski definition) is 1. The number of rotatable bonds is 3. The number of methoxy groups -OCH3 is 1. The Balaban J connectivity index is 3.05. The van der Waals surface area contributed by atoms with Gasteiger partial charge >= 0.3 is 16.4 Å². The minimum atomic E-state index is -4.56. The molecule has 1 heterocycles. The summed E-state index contributed by atoms with van der Waals surface area (Å²) in [6.07, 6.45) is 0. The zero-order chi connectivity index (χ0) is 11.6. The molecule has 0 aliphatic heterocycles. The summed E-state index contributed by atoms with van der Waals surface area (Å²) in [6.45, 7) is 1.49. The van der Waals surface area contributed by atoms with Gasteiger partial charge in [0.05, 0.1) is 7.11 Å². The van der Waals surface area contributed by atoms with Gasteiger partial charge in [-0.1, -0.05) is 0 Å². The quantitative estimate of drug-likeness (QED) is 0.638. The summed E-state index contributed by atoms with van der Waals surface area (Å²) >= 11 is 0.974. The average molecular weight is 252 g/mol. The molecule has 0 aliphatic rings. The Morgan fingerprint density at radius 3 is 2.60 bits per heavy atom. The molecule has 1 aromatic heterocycles. The van der Waals surface area contributed by atoms with Crippen LogP contribution in [0.1, 0.15) is 15.2 Å². The Hall–Kier alpha value is -1.12. The molecule has 1 aromatic rings. The first-order valence-electron chi connectivity index (χ1n) is 3.68. The molecular weight excluding hydrogens is 244 g/mol. The summed E-state index contributed by atoms with van der Waals surface area (Å²) in [7, 11) is -3.35. The second kappa shape index (κ2) is 4.17. The highest BCUT2D eigenvalue weighted by Gasteiger charge is 2.19. The predicted molar refractivity (Wildman–Crippen MR) is 52.6 cm³/mol. The fourth-order valence-corrected chi connectivity index (χ4v) is 2.26. The third-order valence-electron chi connectivity index (χ3n) is 1.56. The second-order valence-corrected chi connectivity index (χ2v) is 4.46. The molecule has 0 unspecified atom stereocenters. The van der Waals surface area contributed by atoms with Gasteiger partial charge in [0.15, 0.2) is 5.75 Å². The molecule has 0 spiro atoms. The molecular formula is C7H8O6S2. The molecule has 0 aliphatic carbocycles. The molecule has 1 rings (SSSR count). The molecule has 15 heavy (non-hydrogen) atoms.